The Morgan fingerprint density at radius 2 is 1.57 bits per heavy atom. The van der Waals surface area contributed by atoms with E-state index in [2.05, 4.69) is 13.8 Å². The Balaban J connectivity index is 3.01. The first-order valence-electron chi connectivity index (χ1n) is 7.14. The highest BCUT2D eigenvalue weighted by Crippen LogP contribution is 2.26. The summed E-state index contributed by atoms with van der Waals surface area (Å²) in [5.74, 6) is -1.90. The maximum absolute atomic E-state index is 12.2. The van der Waals surface area contributed by atoms with Crippen molar-refractivity contribution in [1.29, 1.82) is 0 Å². The van der Waals surface area contributed by atoms with Crippen molar-refractivity contribution in [3.05, 3.63) is 35.4 Å². The number of esters is 1. The van der Waals surface area contributed by atoms with Crippen molar-refractivity contribution < 1.29 is 19.4 Å². The van der Waals surface area contributed by atoms with Crippen LogP contribution >= 0.6 is 0 Å². The Labute approximate surface area is 126 Å². The molecule has 0 fully saturated rings. The molecule has 0 bridgehead atoms. The van der Waals surface area contributed by atoms with E-state index in [0.717, 1.165) is 5.56 Å². The van der Waals surface area contributed by atoms with Crippen molar-refractivity contribution in [2.75, 3.05) is 0 Å². The Hall–Kier alpha value is -1.84. The molecular weight excluding hydrogens is 268 g/mol. The second-order valence-electron chi connectivity index (χ2n) is 6.51. The van der Waals surface area contributed by atoms with Crippen molar-refractivity contribution >= 4 is 11.9 Å². The van der Waals surface area contributed by atoms with Crippen LogP contribution in [-0.2, 0) is 14.3 Å². The Morgan fingerprint density at radius 3 is 1.95 bits per heavy atom. The van der Waals surface area contributed by atoms with Gasteiger partial charge in [-0.2, -0.15) is 0 Å². The van der Waals surface area contributed by atoms with Gasteiger partial charge in [-0.05, 0) is 37.8 Å². The molecule has 1 rings (SSSR count). The zero-order chi connectivity index (χ0) is 16.2. The molecule has 0 heterocycles. The fourth-order valence-corrected chi connectivity index (χ4v) is 2.00. The molecule has 0 spiro atoms. The SMILES string of the molecule is CC(C)c1ccc([C@@H](CC(=O)O)C(=O)OC(C)(C)C)cc1. The normalized spacial score (nSPS) is 13.0. The van der Waals surface area contributed by atoms with Gasteiger partial charge in [-0.1, -0.05) is 38.1 Å². The third-order valence-electron chi connectivity index (χ3n) is 3.08. The molecule has 1 atom stereocenters. The number of carbonyl (C=O) groups is 2. The van der Waals surface area contributed by atoms with E-state index in [0.29, 0.717) is 11.5 Å². The third kappa shape index (κ3) is 5.58. The zero-order valence-corrected chi connectivity index (χ0v) is 13.3. The molecule has 4 heteroatoms. The largest absolute Gasteiger partial charge is 0.481 e. The number of aliphatic carboxylic acids is 1. The molecule has 116 valence electrons. The molecule has 0 aliphatic heterocycles. The number of carboxylic acids is 1. The second-order valence-corrected chi connectivity index (χ2v) is 6.51. The second kappa shape index (κ2) is 6.74. The minimum Gasteiger partial charge on any atom is -0.481 e. The lowest BCUT2D eigenvalue weighted by Gasteiger charge is -2.23. The van der Waals surface area contributed by atoms with Crippen LogP contribution < -0.4 is 0 Å². The zero-order valence-electron chi connectivity index (χ0n) is 13.3. The monoisotopic (exact) mass is 292 g/mol. The van der Waals surface area contributed by atoms with Gasteiger partial charge in [0.25, 0.3) is 0 Å². The van der Waals surface area contributed by atoms with Crippen molar-refractivity contribution in [3.8, 4) is 0 Å². The molecule has 0 unspecified atom stereocenters. The fraction of sp³-hybridized carbons (Fsp3) is 0.529. The minimum atomic E-state index is -1.02. The summed E-state index contributed by atoms with van der Waals surface area (Å²) < 4.78 is 5.33. The van der Waals surface area contributed by atoms with Gasteiger partial charge in [-0.3, -0.25) is 9.59 Å². The fourth-order valence-electron chi connectivity index (χ4n) is 2.00. The van der Waals surface area contributed by atoms with Gasteiger partial charge < -0.3 is 9.84 Å². The lowest BCUT2D eigenvalue weighted by molar-refractivity contribution is -0.159. The number of carbonyl (C=O) groups excluding carboxylic acids is 1. The van der Waals surface area contributed by atoms with Crippen LogP contribution in [0.2, 0.25) is 0 Å². The van der Waals surface area contributed by atoms with Crippen molar-refractivity contribution in [2.24, 2.45) is 0 Å². The summed E-state index contributed by atoms with van der Waals surface area (Å²) in [6.45, 7) is 9.47. The number of rotatable bonds is 5. The maximum atomic E-state index is 12.2. The van der Waals surface area contributed by atoms with Crippen LogP contribution in [0.4, 0.5) is 0 Å². The molecule has 0 aromatic heterocycles. The molecule has 0 amide bonds. The molecule has 0 aliphatic carbocycles. The highest BCUT2D eigenvalue weighted by Gasteiger charge is 2.28. The molecule has 1 aromatic rings. The number of hydrogen-bond donors (Lipinski definition) is 1. The summed E-state index contributed by atoms with van der Waals surface area (Å²) in [7, 11) is 0. The van der Waals surface area contributed by atoms with Gasteiger partial charge in [-0.25, -0.2) is 0 Å². The van der Waals surface area contributed by atoms with Crippen LogP contribution in [0.5, 0.6) is 0 Å². The van der Waals surface area contributed by atoms with Gasteiger partial charge in [0.2, 0.25) is 0 Å². The van der Waals surface area contributed by atoms with Gasteiger partial charge >= 0.3 is 11.9 Å². The van der Waals surface area contributed by atoms with Crippen molar-refractivity contribution in [2.45, 2.75) is 58.5 Å². The molecule has 1 N–H and O–H groups in total. The minimum absolute atomic E-state index is 0.268. The summed E-state index contributed by atoms with van der Waals surface area (Å²) >= 11 is 0. The number of benzene rings is 1. The van der Waals surface area contributed by atoms with E-state index in [9.17, 15) is 9.59 Å². The van der Waals surface area contributed by atoms with E-state index in [1.165, 1.54) is 0 Å². The Morgan fingerprint density at radius 1 is 1.10 bits per heavy atom. The van der Waals surface area contributed by atoms with E-state index in [4.69, 9.17) is 9.84 Å². The maximum Gasteiger partial charge on any atom is 0.314 e. The first-order chi connectivity index (χ1) is 9.60. The summed E-state index contributed by atoms with van der Waals surface area (Å²) in [6, 6.07) is 7.48. The standard InChI is InChI=1S/C17H24O4/c1-11(2)12-6-8-13(9-7-12)14(10-15(18)19)16(20)21-17(3,4)5/h6-9,11,14H,10H2,1-5H3,(H,18,19)/t14-/m1/s1. The average molecular weight is 292 g/mol. The molecule has 0 saturated heterocycles. The molecule has 0 radical (unpaired) electrons. The molecule has 21 heavy (non-hydrogen) atoms. The molecular formula is C17H24O4. The van der Waals surface area contributed by atoms with Gasteiger partial charge in [0.1, 0.15) is 5.60 Å². The molecule has 0 saturated carbocycles. The summed E-state index contributed by atoms with van der Waals surface area (Å²) in [5, 5.41) is 9.03. The molecule has 4 nitrogen and oxygen atoms in total. The topological polar surface area (TPSA) is 63.6 Å². The van der Waals surface area contributed by atoms with E-state index < -0.39 is 23.5 Å². The number of ether oxygens (including phenoxy) is 1. The summed E-state index contributed by atoms with van der Waals surface area (Å²) in [5.41, 5.74) is 1.19. The lowest BCUT2D eigenvalue weighted by Crippen LogP contribution is -2.29. The summed E-state index contributed by atoms with van der Waals surface area (Å²) in [6.07, 6.45) is -0.268. The van der Waals surface area contributed by atoms with Crippen LogP contribution in [0.15, 0.2) is 24.3 Å². The predicted molar refractivity (Wildman–Crippen MR) is 81.4 cm³/mol. The van der Waals surface area contributed by atoms with Crippen LogP contribution in [0.25, 0.3) is 0 Å². The van der Waals surface area contributed by atoms with Gasteiger partial charge in [0, 0.05) is 0 Å². The van der Waals surface area contributed by atoms with Crippen molar-refractivity contribution in [1.82, 2.24) is 0 Å². The van der Waals surface area contributed by atoms with Gasteiger partial charge in [-0.15, -0.1) is 0 Å². The van der Waals surface area contributed by atoms with E-state index >= 15 is 0 Å². The number of hydrogen-bond acceptors (Lipinski definition) is 3. The molecule has 0 aliphatic rings. The summed E-state index contributed by atoms with van der Waals surface area (Å²) in [4.78, 5) is 23.2. The van der Waals surface area contributed by atoms with E-state index in [1.54, 1.807) is 20.8 Å². The van der Waals surface area contributed by atoms with Crippen LogP contribution in [0, 0.1) is 0 Å². The number of carboxylic acid groups (broad SMARTS) is 1. The smallest absolute Gasteiger partial charge is 0.314 e. The van der Waals surface area contributed by atoms with Crippen LogP contribution in [0.1, 0.15) is 64.0 Å². The lowest BCUT2D eigenvalue weighted by atomic mass is 9.93. The highest BCUT2D eigenvalue weighted by atomic mass is 16.6. The average Bonchev–Trinajstić information content (AvgIpc) is 2.33. The Kier molecular flexibility index (Phi) is 5.53. The highest BCUT2D eigenvalue weighted by molar-refractivity contribution is 5.84. The van der Waals surface area contributed by atoms with E-state index in [1.807, 2.05) is 24.3 Å². The quantitative estimate of drug-likeness (QED) is 0.840. The van der Waals surface area contributed by atoms with Crippen LogP contribution in [-0.4, -0.2) is 22.6 Å². The van der Waals surface area contributed by atoms with Gasteiger partial charge in [0.15, 0.2) is 0 Å². The molecule has 1 aromatic carbocycles. The van der Waals surface area contributed by atoms with E-state index in [-0.39, 0.29) is 6.42 Å². The first-order valence-corrected chi connectivity index (χ1v) is 7.14. The van der Waals surface area contributed by atoms with Gasteiger partial charge in [0.05, 0.1) is 12.3 Å². The Bertz CT molecular complexity index is 495. The van der Waals surface area contributed by atoms with Crippen molar-refractivity contribution in [3.63, 3.8) is 0 Å². The van der Waals surface area contributed by atoms with Crippen LogP contribution in [0.3, 0.4) is 0 Å². The predicted octanol–water partition coefficient (Wildman–Crippen LogP) is 3.71. The third-order valence-corrected chi connectivity index (χ3v) is 3.08. The first kappa shape index (κ1) is 17.2.